The summed E-state index contributed by atoms with van der Waals surface area (Å²) in [7, 11) is 0. The first-order chi connectivity index (χ1) is 9.97. The van der Waals surface area contributed by atoms with Gasteiger partial charge in [0, 0.05) is 0 Å². The Labute approximate surface area is 132 Å². The van der Waals surface area contributed by atoms with Gasteiger partial charge >= 0.3 is 6.18 Å². The van der Waals surface area contributed by atoms with Crippen LogP contribution in [0.1, 0.15) is 18.4 Å². The van der Waals surface area contributed by atoms with Gasteiger partial charge in [0.2, 0.25) is 5.91 Å². The summed E-state index contributed by atoms with van der Waals surface area (Å²) in [4.78, 5) is 11.7. The predicted octanol–water partition coefficient (Wildman–Crippen LogP) is 2.37. The lowest BCUT2D eigenvalue weighted by atomic mass is 10.2. The van der Waals surface area contributed by atoms with E-state index < -0.39 is 11.7 Å². The second kappa shape index (κ2) is 8.24. The topological polar surface area (TPSA) is 50.4 Å². The van der Waals surface area contributed by atoms with Crippen molar-refractivity contribution in [1.29, 1.82) is 0 Å². The van der Waals surface area contributed by atoms with Crippen molar-refractivity contribution in [3.63, 3.8) is 0 Å². The molecule has 1 aromatic carbocycles. The molecule has 0 radical (unpaired) electrons. The summed E-state index contributed by atoms with van der Waals surface area (Å²) in [6, 6.07) is 4.51. The van der Waals surface area contributed by atoms with Crippen LogP contribution in [0.15, 0.2) is 24.3 Å². The van der Waals surface area contributed by atoms with E-state index in [1.807, 2.05) is 0 Å². The molecule has 2 rings (SSSR count). The molecule has 1 saturated heterocycles. The van der Waals surface area contributed by atoms with Gasteiger partial charge in [0.15, 0.2) is 0 Å². The van der Waals surface area contributed by atoms with Crippen molar-refractivity contribution >= 4 is 18.3 Å². The minimum Gasteiger partial charge on any atom is -0.492 e. The first-order valence-electron chi connectivity index (χ1n) is 6.78. The second-order valence-electron chi connectivity index (χ2n) is 4.81. The van der Waals surface area contributed by atoms with Crippen molar-refractivity contribution in [2.45, 2.75) is 25.1 Å². The molecule has 0 aromatic heterocycles. The molecule has 1 heterocycles. The monoisotopic (exact) mass is 338 g/mol. The van der Waals surface area contributed by atoms with E-state index in [9.17, 15) is 18.0 Å². The molecule has 1 aromatic rings. The van der Waals surface area contributed by atoms with Gasteiger partial charge in [-0.05, 0) is 37.6 Å². The van der Waals surface area contributed by atoms with E-state index in [0.717, 1.165) is 31.5 Å². The number of carbonyl (C=O) groups excluding carboxylic acids is 1. The molecular formula is C14H18ClF3N2O2. The van der Waals surface area contributed by atoms with Crippen LogP contribution in [0.5, 0.6) is 5.75 Å². The molecule has 124 valence electrons. The Hall–Kier alpha value is -1.47. The molecular weight excluding hydrogens is 321 g/mol. The van der Waals surface area contributed by atoms with Gasteiger partial charge in [0.05, 0.1) is 18.2 Å². The molecule has 1 fully saturated rings. The molecule has 0 aliphatic carbocycles. The average Bonchev–Trinajstić information content (AvgIpc) is 2.97. The zero-order valence-electron chi connectivity index (χ0n) is 11.8. The molecule has 8 heteroatoms. The third-order valence-corrected chi connectivity index (χ3v) is 3.21. The van der Waals surface area contributed by atoms with E-state index in [4.69, 9.17) is 4.74 Å². The maximum Gasteiger partial charge on any atom is 0.416 e. The van der Waals surface area contributed by atoms with Crippen LogP contribution >= 0.6 is 12.4 Å². The fourth-order valence-corrected chi connectivity index (χ4v) is 2.14. The zero-order valence-corrected chi connectivity index (χ0v) is 12.6. The molecule has 0 bridgehead atoms. The van der Waals surface area contributed by atoms with Crippen molar-refractivity contribution in [2.24, 2.45) is 0 Å². The SMILES string of the molecule is Cl.O=C(NCCOc1cccc(C(F)(F)F)c1)C1CCCN1. The van der Waals surface area contributed by atoms with Crippen molar-refractivity contribution < 1.29 is 22.7 Å². The summed E-state index contributed by atoms with van der Waals surface area (Å²) in [5, 5.41) is 5.75. The van der Waals surface area contributed by atoms with E-state index in [-0.39, 0.29) is 43.3 Å². The quantitative estimate of drug-likeness (QED) is 0.810. The van der Waals surface area contributed by atoms with Gasteiger partial charge < -0.3 is 15.4 Å². The van der Waals surface area contributed by atoms with E-state index in [1.54, 1.807) is 0 Å². The van der Waals surface area contributed by atoms with Crippen LogP contribution in [0.3, 0.4) is 0 Å². The van der Waals surface area contributed by atoms with Crippen LogP contribution in [0.4, 0.5) is 13.2 Å². The van der Waals surface area contributed by atoms with Gasteiger partial charge in [-0.3, -0.25) is 4.79 Å². The highest BCUT2D eigenvalue weighted by atomic mass is 35.5. The van der Waals surface area contributed by atoms with Gasteiger partial charge in [0.25, 0.3) is 0 Å². The Morgan fingerprint density at radius 2 is 2.18 bits per heavy atom. The maximum atomic E-state index is 12.5. The largest absolute Gasteiger partial charge is 0.492 e. The fraction of sp³-hybridized carbons (Fsp3) is 0.500. The van der Waals surface area contributed by atoms with Crippen molar-refractivity contribution in [3.8, 4) is 5.75 Å². The molecule has 2 N–H and O–H groups in total. The number of carbonyl (C=O) groups is 1. The van der Waals surface area contributed by atoms with Crippen LogP contribution in [-0.2, 0) is 11.0 Å². The number of hydrogen-bond acceptors (Lipinski definition) is 3. The molecule has 0 saturated carbocycles. The summed E-state index contributed by atoms with van der Waals surface area (Å²) < 4.78 is 42.8. The molecule has 0 spiro atoms. The Morgan fingerprint density at radius 1 is 1.41 bits per heavy atom. The second-order valence-corrected chi connectivity index (χ2v) is 4.81. The molecule has 1 aliphatic rings. The standard InChI is InChI=1S/C14H17F3N2O2.ClH/c15-14(16,17)10-3-1-4-11(9-10)21-8-7-19-13(20)12-5-2-6-18-12;/h1,3-4,9,12,18H,2,5-8H2,(H,19,20);1H. The summed E-state index contributed by atoms with van der Waals surface area (Å²) in [5.74, 6) is 0.0400. The van der Waals surface area contributed by atoms with Crippen LogP contribution in [0.2, 0.25) is 0 Å². The molecule has 1 amide bonds. The van der Waals surface area contributed by atoms with Gasteiger partial charge in [-0.1, -0.05) is 6.07 Å². The lowest BCUT2D eigenvalue weighted by Crippen LogP contribution is -2.41. The molecule has 1 atom stereocenters. The summed E-state index contributed by atoms with van der Waals surface area (Å²) in [5.41, 5.74) is -0.751. The minimum atomic E-state index is -4.39. The smallest absolute Gasteiger partial charge is 0.416 e. The fourth-order valence-electron chi connectivity index (χ4n) is 2.14. The molecule has 4 nitrogen and oxygen atoms in total. The highest BCUT2D eigenvalue weighted by molar-refractivity contribution is 5.85. The Kier molecular flexibility index (Phi) is 6.96. The normalized spacial score (nSPS) is 17.7. The van der Waals surface area contributed by atoms with Gasteiger partial charge in [-0.25, -0.2) is 0 Å². The Bertz CT molecular complexity index is 491. The predicted molar refractivity (Wildman–Crippen MR) is 78.2 cm³/mol. The van der Waals surface area contributed by atoms with Crippen LogP contribution in [0, 0.1) is 0 Å². The number of ether oxygens (including phenoxy) is 1. The third kappa shape index (κ3) is 5.38. The van der Waals surface area contributed by atoms with E-state index in [0.29, 0.717) is 0 Å². The zero-order chi connectivity index (χ0) is 15.3. The van der Waals surface area contributed by atoms with Crippen molar-refractivity contribution in [1.82, 2.24) is 10.6 Å². The van der Waals surface area contributed by atoms with Gasteiger partial charge in [0.1, 0.15) is 12.4 Å². The molecule has 1 aliphatic heterocycles. The van der Waals surface area contributed by atoms with Crippen LogP contribution in [-0.4, -0.2) is 31.6 Å². The Balaban J connectivity index is 0.00000242. The van der Waals surface area contributed by atoms with Crippen molar-refractivity contribution in [2.75, 3.05) is 19.7 Å². The lowest BCUT2D eigenvalue weighted by Gasteiger charge is -2.12. The number of rotatable bonds is 5. The highest BCUT2D eigenvalue weighted by Crippen LogP contribution is 2.31. The number of nitrogens with one attached hydrogen (secondary N) is 2. The van der Waals surface area contributed by atoms with Gasteiger partial charge in [-0.15, -0.1) is 12.4 Å². The first-order valence-corrected chi connectivity index (χ1v) is 6.78. The third-order valence-electron chi connectivity index (χ3n) is 3.21. The van der Waals surface area contributed by atoms with Crippen molar-refractivity contribution in [3.05, 3.63) is 29.8 Å². The number of alkyl halides is 3. The summed E-state index contributed by atoms with van der Waals surface area (Å²) in [6.45, 7) is 1.21. The molecule has 22 heavy (non-hydrogen) atoms. The number of amides is 1. The number of halogens is 4. The average molecular weight is 339 g/mol. The van der Waals surface area contributed by atoms with Gasteiger partial charge in [-0.2, -0.15) is 13.2 Å². The minimum absolute atomic E-state index is 0. The number of benzene rings is 1. The van der Waals surface area contributed by atoms with E-state index in [2.05, 4.69) is 10.6 Å². The molecule has 1 unspecified atom stereocenters. The summed E-state index contributed by atoms with van der Waals surface area (Å²) >= 11 is 0. The Morgan fingerprint density at radius 3 is 2.82 bits per heavy atom. The van der Waals surface area contributed by atoms with E-state index in [1.165, 1.54) is 12.1 Å². The highest BCUT2D eigenvalue weighted by Gasteiger charge is 2.30. The first kappa shape index (κ1) is 18.6. The summed E-state index contributed by atoms with van der Waals surface area (Å²) in [6.07, 6.45) is -2.61. The van der Waals surface area contributed by atoms with Crippen LogP contribution < -0.4 is 15.4 Å². The van der Waals surface area contributed by atoms with E-state index >= 15 is 0 Å². The maximum absolute atomic E-state index is 12.5. The van der Waals surface area contributed by atoms with Crippen LogP contribution in [0.25, 0.3) is 0 Å². The lowest BCUT2D eigenvalue weighted by molar-refractivity contribution is -0.137. The number of hydrogen-bond donors (Lipinski definition) is 2.